The van der Waals surface area contributed by atoms with Crippen LogP contribution >= 0.6 is 0 Å². The molecule has 1 atom stereocenters. The third-order valence-corrected chi connectivity index (χ3v) is 7.24. The van der Waals surface area contributed by atoms with Crippen LogP contribution in [-0.2, 0) is 9.59 Å². The average Bonchev–Trinajstić information content (AvgIpc) is 3.38. The van der Waals surface area contributed by atoms with E-state index in [0.29, 0.717) is 18.6 Å². The Morgan fingerprint density at radius 3 is 2.63 bits per heavy atom. The molecule has 0 saturated carbocycles. The van der Waals surface area contributed by atoms with E-state index in [-0.39, 0.29) is 17.9 Å². The van der Waals surface area contributed by atoms with Gasteiger partial charge in [0, 0.05) is 24.3 Å². The number of nitrogens with one attached hydrogen (secondary N) is 2. The Morgan fingerprint density at radius 1 is 1.09 bits per heavy atom. The molecule has 1 fully saturated rings. The van der Waals surface area contributed by atoms with Crippen molar-refractivity contribution in [1.82, 2.24) is 20.2 Å². The van der Waals surface area contributed by atoms with Crippen molar-refractivity contribution >= 4 is 22.5 Å². The predicted molar refractivity (Wildman–Crippen MR) is 141 cm³/mol. The van der Waals surface area contributed by atoms with Gasteiger partial charge in [0.25, 0.3) is 0 Å². The van der Waals surface area contributed by atoms with Crippen LogP contribution in [0.4, 0.5) is 0 Å². The number of H-pyrrole nitrogens is 1. The number of carbonyl (C=O) groups excluding carboxylic acids is 2. The number of carbonyl (C=O) groups is 2. The van der Waals surface area contributed by atoms with Gasteiger partial charge < -0.3 is 15.2 Å². The highest BCUT2D eigenvalue weighted by Crippen LogP contribution is 2.26. The summed E-state index contributed by atoms with van der Waals surface area (Å²) in [6, 6.07) is 14.5. The number of amides is 1. The molecule has 1 aromatic heterocycles. The number of aromatic amines is 1. The molecule has 1 saturated heterocycles. The Hall–Kier alpha value is -2.99. The van der Waals surface area contributed by atoms with E-state index in [1.54, 1.807) is 0 Å². The van der Waals surface area contributed by atoms with Gasteiger partial charge in [0.1, 0.15) is 11.6 Å². The Kier molecular flexibility index (Phi) is 8.69. The van der Waals surface area contributed by atoms with Crippen LogP contribution in [0.15, 0.2) is 48.7 Å². The Balaban J connectivity index is 1.45. The summed E-state index contributed by atoms with van der Waals surface area (Å²) in [5, 5.41) is 5.71. The third-order valence-electron chi connectivity index (χ3n) is 7.24. The molecule has 6 nitrogen and oxygen atoms in total. The summed E-state index contributed by atoms with van der Waals surface area (Å²) < 4.78 is 0. The molecule has 0 aliphatic carbocycles. The molecule has 1 unspecified atom stereocenters. The average molecular weight is 475 g/mol. The van der Waals surface area contributed by atoms with Gasteiger partial charge in [-0.15, -0.1) is 0 Å². The lowest BCUT2D eigenvalue weighted by molar-refractivity contribution is -0.127. The van der Waals surface area contributed by atoms with Crippen LogP contribution in [0.5, 0.6) is 0 Å². The van der Waals surface area contributed by atoms with E-state index >= 15 is 0 Å². The first kappa shape index (κ1) is 25.1. The molecule has 1 aliphatic rings. The van der Waals surface area contributed by atoms with Crippen LogP contribution in [0.25, 0.3) is 22.2 Å². The number of unbranched alkanes of at least 4 members (excludes halogenated alkanes) is 2. The first-order chi connectivity index (χ1) is 17.0. The number of hydrogen-bond donors (Lipinski definition) is 2. The van der Waals surface area contributed by atoms with Crippen molar-refractivity contribution in [2.45, 2.75) is 64.3 Å². The molecule has 0 radical (unpaired) electrons. The van der Waals surface area contributed by atoms with Crippen LogP contribution in [0.3, 0.4) is 0 Å². The highest BCUT2D eigenvalue weighted by molar-refractivity contribution is 5.86. The first-order valence-electron chi connectivity index (χ1n) is 13.1. The van der Waals surface area contributed by atoms with Gasteiger partial charge in [-0.05, 0) is 62.7 Å². The van der Waals surface area contributed by atoms with Crippen LogP contribution in [0.2, 0.25) is 0 Å². The van der Waals surface area contributed by atoms with Crippen molar-refractivity contribution in [2.75, 3.05) is 20.1 Å². The lowest BCUT2D eigenvalue weighted by Gasteiger charge is -2.29. The molecule has 4 rings (SSSR count). The van der Waals surface area contributed by atoms with Crippen LogP contribution in [-0.4, -0.2) is 46.7 Å². The largest absolute Gasteiger partial charge is 0.348 e. The van der Waals surface area contributed by atoms with Crippen molar-refractivity contribution in [3.05, 3.63) is 54.4 Å². The lowest BCUT2D eigenvalue weighted by atomic mass is 9.95. The molecule has 3 aromatic rings. The molecular formula is C29H38N4O2. The number of likely N-dealkylation sites (tertiary alicyclic amines) is 1. The molecule has 2 N–H and O–H groups in total. The number of ketones is 1. The molecule has 186 valence electrons. The Bertz CT molecular complexity index is 1130. The summed E-state index contributed by atoms with van der Waals surface area (Å²) in [7, 11) is 2.11. The summed E-state index contributed by atoms with van der Waals surface area (Å²) in [5.41, 5.74) is 1.98. The fourth-order valence-corrected chi connectivity index (χ4v) is 4.89. The van der Waals surface area contributed by atoms with Gasteiger partial charge in [-0.2, -0.15) is 0 Å². The topological polar surface area (TPSA) is 78.1 Å². The predicted octanol–water partition coefficient (Wildman–Crippen LogP) is 5.66. The molecule has 1 aliphatic heterocycles. The number of nitrogens with zero attached hydrogens (tertiary/aromatic N) is 2. The van der Waals surface area contributed by atoms with E-state index in [1.165, 1.54) is 10.8 Å². The van der Waals surface area contributed by atoms with E-state index < -0.39 is 0 Å². The normalized spacial score (nSPS) is 15.8. The molecule has 2 heterocycles. The Morgan fingerprint density at radius 2 is 1.86 bits per heavy atom. The van der Waals surface area contributed by atoms with Crippen molar-refractivity contribution in [1.29, 1.82) is 0 Å². The van der Waals surface area contributed by atoms with Crippen molar-refractivity contribution < 1.29 is 9.59 Å². The van der Waals surface area contributed by atoms with Crippen LogP contribution in [0.1, 0.15) is 70.0 Å². The van der Waals surface area contributed by atoms with Crippen LogP contribution < -0.4 is 5.32 Å². The van der Waals surface area contributed by atoms with E-state index in [0.717, 1.165) is 68.7 Å². The van der Waals surface area contributed by atoms with Gasteiger partial charge in [0.2, 0.25) is 5.91 Å². The fourth-order valence-electron chi connectivity index (χ4n) is 4.89. The summed E-state index contributed by atoms with van der Waals surface area (Å²) in [6.07, 6.45) is 8.62. The van der Waals surface area contributed by atoms with E-state index in [2.05, 4.69) is 57.6 Å². The molecule has 0 spiro atoms. The maximum atomic E-state index is 13.1. The zero-order valence-electron chi connectivity index (χ0n) is 21.1. The number of hydrogen-bond acceptors (Lipinski definition) is 4. The number of benzene rings is 2. The number of rotatable bonds is 11. The van der Waals surface area contributed by atoms with Gasteiger partial charge in [-0.3, -0.25) is 9.59 Å². The highest BCUT2D eigenvalue weighted by atomic mass is 16.2. The third kappa shape index (κ3) is 6.79. The zero-order valence-corrected chi connectivity index (χ0v) is 21.1. The Labute approximate surface area is 208 Å². The van der Waals surface area contributed by atoms with E-state index in [1.807, 2.05) is 25.3 Å². The number of aromatic nitrogens is 2. The second kappa shape index (κ2) is 12.1. The first-order valence-corrected chi connectivity index (χ1v) is 13.1. The summed E-state index contributed by atoms with van der Waals surface area (Å²) >= 11 is 0. The minimum Gasteiger partial charge on any atom is -0.348 e. The van der Waals surface area contributed by atoms with Crippen molar-refractivity contribution in [2.24, 2.45) is 5.92 Å². The van der Waals surface area contributed by atoms with E-state index in [9.17, 15) is 9.59 Å². The summed E-state index contributed by atoms with van der Waals surface area (Å²) in [6.45, 7) is 3.84. The van der Waals surface area contributed by atoms with E-state index in [4.69, 9.17) is 0 Å². The smallest absolute Gasteiger partial charge is 0.223 e. The number of fused-ring (bicyclic) bond motifs is 1. The number of imidazole rings is 1. The minimum absolute atomic E-state index is 0.0683. The van der Waals surface area contributed by atoms with Gasteiger partial charge in [-0.1, -0.05) is 56.2 Å². The van der Waals surface area contributed by atoms with Crippen molar-refractivity contribution in [3.63, 3.8) is 0 Å². The quantitative estimate of drug-likeness (QED) is 0.352. The molecule has 0 bridgehead atoms. The van der Waals surface area contributed by atoms with Gasteiger partial charge >= 0.3 is 0 Å². The monoisotopic (exact) mass is 474 g/mol. The molecule has 1 amide bonds. The SMILES string of the molecule is CCC(=O)CCCCCC(NC(=O)C1CCN(C)CC1)c1cnc(-c2ccc3ccccc3c2)[nH]1. The second-order valence-corrected chi connectivity index (χ2v) is 9.88. The maximum Gasteiger partial charge on any atom is 0.223 e. The summed E-state index contributed by atoms with van der Waals surface area (Å²) in [5.74, 6) is 1.36. The van der Waals surface area contributed by atoms with Gasteiger partial charge in [0.05, 0.1) is 17.9 Å². The molecule has 35 heavy (non-hydrogen) atoms. The lowest BCUT2D eigenvalue weighted by Crippen LogP contribution is -2.40. The van der Waals surface area contributed by atoms with Crippen LogP contribution in [0, 0.1) is 5.92 Å². The number of piperidine rings is 1. The maximum absolute atomic E-state index is 13.1. The standard InChI is InChI=1S/C29H38N4O2/c1-3-25(34)11-5-4-6-12-26(32-29(35)22-15-17-33(2)18-16-22)27-20-30-28(31-27)24-14-13-21-9-7-8-10-23(21)19-24/h7-10,13-14,19-20,22,26H,3-6,11-12,15-18H2,1-2H3,(H,30,31)(H,32,35). The van der Waals surface area contributed by atoms with Gasteiger partial charge in [-0.25, -0.2) is 4.98 Å². The molecule has 6 heteroatoms. The fraction of sp³-hybridized carbons (Fsp3) is 0.483. The molecule has 2 aromatic carbocycles. The number of Topliss-reactive ketones (excluding diaryl/α,β-unsaturated/α-hetero) is 1. The second-order valence-electron chi connectivity index (χ2n) is 9.88. The zero-order chi connectivity index (χ0) is 24.6. The molecular weight excluding hydrogens is 436 g/mol. The minimum atomic E-state index is -0.106. The highest BCUT2D eigenvalue weighted by Gasteiger charge is 2.26. The van der Waals surface area contributed by atoms with Gasteiger partial charge in [0.15, 0.2) is 0 Å². The van der Waals surface area contributed by atoms with Crippen molar-refractivity contribution in [3.8, 4) is 11.4 Å². The summed E-state index contributed by atoms with van der Waals surface area (Å²) in [4.78, 5) is 35.2.